The summed E-state index contributed by atoms with van der Waals surface area (Å²) in [5, 5.41) is 0. The quantitative estimate of drug-likeness (QED) is 0.883. The Hall–Kier alpha value is -1.09. The van der Waals surface area contributed by atoms with Gasteiger partial charge in [-0.2, -0.15) is 0 Å². The third-order valence-electron chi connectivity index (χ3n) is 4.72. The molecule has 0 radical (unpaired) electrons. The lowest BCUT2D eigenvalue weighted by atomic mass is 9.89. The van der Waals surface area contributed by atoms with Gasteiger partial charge in [0, 0.05) is 18.6 Å². The Morgan fingerprint density at radius 3 is 2.32 bits per heavy atom. The predicted octanol–water partition coefficient (Wildman–Crippen LogP) is 3.54. The molecule has 2 aliphatic rings. The van der Waals surface area contributed by atoms with Gasteiger partial charge in [-0.15, -0.1) is 0 Å². The Balaban J connectivity index is 1.85. The number of piperidine rings is 1. The van der Waals surface area contributed by atoms with Crippen LogP contribution in [0.1, 0.15) is 50.5 Å². The van der Waals surface area contributed by atoms with E-state index in [1.807, 2.05) is 12.1 Å². The van der Waals surface area contributed by atoms with Crippen LogP contribution in [0.3, 0.4) is 0 Å². The molecule has 0 unspecified atom stereocenters. The van der Waals surface area contributed by atoms with Crippen LogP contribution in [0.5, 0.6) is 0 Å². The molecule has 2 N–H and O–H groups in total. The highest BCUT2D eigenvalue weighted by Crippen LogP contribution is 2.37. The molecule has 3 heteroatoms. The molecule has 1 aromatic rings. The van der Waals surface area contributed by atoms with E-state index in [1.54, 1.807) is 6.07 Å². The molecular formula is C16H23FN2. The Morgan fingerprint density at radius 2 is 1.68 bits per heavy atom. The van der Waals surface area contributed by atoms with Gasteiger partial charge in [0.25, 0.3) is 0 Å². The molecule has 2 nitrogen and oxygen atoms in total. The maximum atomic E-state index is 14.4. The molecule has 0 amide bonds. The normalized spacial score (nSPS) is 22.7. The van der Waals surface area contributed by atoms with Crippen LogP contribution >= 0.6 is 0 Å². The summed E-state index contributed by atoms with van der Waals surface area (Å²) >= 11 is 0. The topological polar surface area (TPSA) is 29.3 Å². The number of rotatable bonds is 2. The van der Waals surface area contributed by atoms with Crippen LogP contribution in [0.15, 0.2) is 18.2 Å². The fourth-order valence-corrected chi connectivity index (χ4v) is 3.50. The molecule has 0 atom stereocenters. The predicted molar refractivity (Wildman–Crippen MR) is 76.8 cm³/mol. The number of benzene rings is 1. The Kier molecular flexibility index (Phi) is 3.48. The molecule has 0 spiro atoms. The molecule has 1 aromatic carbocycles. The molecule has 1 saturated carbocycles. The highest BCUT2D eigenvalue weighted by atomic mass is 19.1. The van der Waals surface area contributed by atoms with Crippen molar-refractivity contribution in [3.8, 4) is 0 Å². The first kappa shape index (κ1) is 12.9. The second kappa shape index (κ2) is 5.12. The molecule has 2 fully saturated rings. The van der Waals surface area contributed by atoms with E-state index < -0.39 is 0 Å². The van der Waals surface area contributed by atoms with Gasteiger partial charge in [-0.3, -0.25) is 0 Å². The molecule has 0 aromatic heterocycles. The Bertz CT molecular complexity index is 446. The number of anilines is 1. The number of hydrogen-bond acceptors (Lipinski definition) is 2. The summed E-state index contributed by atoms with van der Waals surface area (Å²) in [6.07, 6.45) is 7.88. The third kappa shape index (κ3) is 2.48. The maximum absolute atomic E-state index is 14.4. The van der Waals surface area contributed by atoms with Gasteiger partial charge in [-0.05, 0) is 49.8 Å². The van der Waals surface area contributed by atoms with Crippen molar-refractivity contribution in [2.45, 2.75) is 50.5 Å². The molecule has 1 aliphatic carbocycles. The SMILES string of the molecule is NC1(c2ccc(N3CCCCC3)c(F)c2)CCCC1. The minimum absolute atomic E-state index is 0.101. The van der Waals surface area contributed by atoms with Gasteiger partial charge in [-0.1, -0.05) is 18.9 Å². The van der Waals surface area contributed by atoms with Crippen LogP contribution < -0.4 is 10.6 Å². The van der Waals surface area contributed by atoms with E-state index in [0.717, 1.165) is 50.0 Å². The van der Waals surface area contributed by atoms with Gasteiger partial charge in [0.15, 0.2) is 0 Å². The van der Waals surface area contributed by atoms with Crippen LogP contribution in [-0.2, 0) is 5.54 Å². The van der Waals surface area contributed by atoms with Gasteiger partial charge in [0.05, 0.1) is 5.69 Å². The molecular weight excluding hydrogens is 239 g/mol. The molecule has 0 bridgehead atoms. The first-order valence-corrected chi connectivity index (χ1v) is 7.53. The molecule has 1 aliphatic heterocycles. The van der Waals surface area contributed by atoms with Crippen molar-refractivity contribution in [1.82, 2.24) is 0 Å². The fraction of sp³-hybridized carbons (Fsp3) is 0.625. The van der Waals surface area contributed by atoms with Crippen LogP contribution in [0.4, 0.5) is 10.1 Å². The second-order valence-corrected chi connectivity index (χ2v) is 6.08. The molecule has 1 heterocycles. The van der Waals surface area contributed by atoms with E-state index in [-0.39, 0.29) is 11.4 Å². The highest BCUT2D eigenvalue weighted by molar-refractivity contribution is 5.50. The third-order valence-corrected chi connectivity index (χ3v) is 4.72. The van der Waals surface area contributed by atoms with Gasteiger partial charge < -0.3 is 10.6 Å². The van der Waals surface area contributed by atoms with Gasteiger partial charge in [-0.25, -0.2) is 4.39 Å². The Labute approximate surface area is 114 Å². The monoisotopic (exact) mass is 262 g/mol. The van der Waals surface area contributed by atoms with Crippen molar-refractivity contribution in [3.05, 3.63) is 29.6 Å². The summed E-state index contributed by atoms with van der Waals surface area (Å²) in [6.45, 7) is 1.95. The zero-order valence-electron chi connectivity index (χ0n) is 11.5. The van der Waals surface area contributed by atoms with E-state index in [1.165, 1.54) is 19.3 Å². The lowest BCUT2D eigenvalue weighted by Gasteiger charge is -2.30. The summed E-state index contributed by atoms with van der Waals surface area (Å²) in [5.74, 6) is -0.101. The van der Waals surface area contributed by atoms with E-state index in [4.69, 9.17) is 5.73 Å². The highest BCUT2D eigenvalue weighted by Gasteiger charge is 2.32. The van der Waals surface area contributed by atoms with E-state index in [0.29, 0.717) is 0 Å². The first-order valence-electron chi connectivity index (χ1n) is 7.53. The molecule has 3 rings (SSSR count). The van der Waals surface area contributed by atoms with Crippen LogP contribution in [0, 0.1) is 5.82 Å². The largest absolute Gasteiger partial charge is 0.369 e. The average molecular weight is 262 g/mol. The van der Waals surface area contributed by atoms with Crippen molar-refractivity contribution >= 4 is 5.69 Å². The van der Waals surface area contributed by atoms with Crippen molar-refractivity contribution < 1.29 is 4.39 Å². The second-order valence-electron chi connectivity index (χ2n) is 6.08. The minimum atomic E-state index is -0.290. The van der Waals surface area contributed by atoms with E-state index in [2.05, 4.69) is 4.90 Å². The Morgan fingerprint density at radius 1 is 1.00 bits per heavy atom. The number of nitrogens with two attached hydrogens (primary N) is 1. The zero-order chi connectivity index (χ0) is 13.3. The number of halogens is 1. The summed E-state index contributed by atoms with van der Waals surface area (Å²) in [5.41, 5.74) is 7.84. The van der Waals surface area contributed by atoms with Crippen molar-refractivity contribution in [2.75, 3.05) is 18.0 Å². The zero-order valence-corrected chi connectivity index (χ0v) is 11.5. The van der Waals surface area contributed by atoms with Gasteiger partial charge >= 0.3 is 0 Å². The van der Waals surface area contributed by atoms with E-state index in [9.17, 15) is 4.39 Å². The standard InChI is InChI=1S/C16H23FN2/c17-14-12-13(16(18)8-2-3-9-16)6-7-15(14)19-10-4-1-5-11-19/h6-7,12H,1-5,8-11,18H2. The molecule has 19 heavy (non-hydrogen) atoms. The van der Waals surface area contributed by atoms with Crippen molar-refractivity contribution in [1.29, 1.82) is 0 Å². The smallest absolute Gasteiger partial charge is 0.146 e. The molecule has 104 valence electrons. The summed E-state index contributed by atoms with van der Waals surface area (Å²) < 4.78 is 14.4. The van der Waals surface area contributed by atoms with Gasteiger partial charge in [0.1, 0.15) is 5.82 Å². The summed E-state index contributed by atoms with van der Waals surface area (Å²) in [4.78, 5) is 2.17. The van der Waals surface area contributed by atoms with E-state index >= 15 is 0 Å². The minimum Gasteiger partial charge on any atom is -0.369 e. The van der Waals surface area contributed by atoms with Crippen LogP contribution in [0.2, 0.25) is 0 Å². The van der Waals surface area contributed by atoms with Gasteiger partial charge in [0.2, 0.25) is 0 Å². The lowest BCUT2D eigenvalue weighted by Crippen LogP contribution is -2.34. The fourth-order valence-electron chi connectivity index (χ4n) is 3.50. The van der Waals surface area contributed by atoms with Crippen LogP contribution in [0.25, 0.3) is 0 Å². The number of nitrogens with zero attached hydrogens (tertiary/aromatic N) is 1. The van der Waals surface area contributed by atoms with Crippen molar-refractivity contribution in [3.63, 3.8) is 0 Å². The number of hydrogen-bond donors (Lipinski definition) is 1. The summed E-state index contributed by atoms with van der Waals surface area (Å²) in [6, 6.07) is 5.65. The first-order chi connectivity index (χ1) is 9.19. The van der Waals surface area contributed by atoms with Crippen LogP contribution in [-0.4, -0.2) is 13.1 Å². The molecule has 1 saturated heterocycles. The van der Waals surface area contributed by atoms with Crippen molar-refractivity contribution in [2.24, 2.45) is 5.73 Å². The maximum Gasteiger partial charge on any atom is 0.146 e. The summed E-state index contributed by atoms with van der Waals surface area (Å²) in [7, 11) is 0. The average Bonchev–Trinajstić information content (AvgIpc) is 2.88. The lowest BCUT2D eigenvalue weighted by molar-refractivity contribution is 0.457.